The fourth-order valence-electron chi connectivity index (χ4n) is 1.63. The second-order valence-electron chi connectivity index (χ2n) is 4.08. The van der Waals surface area contributed by atoms with Crippen LogP contribution >= 0.6 is 0 Å². The summed E-state index contributed by atoms with van der Waals surface area (Å²) in [5, 5.41) is 7.04. The van der Waals surface area contributed by atoms with Gasteiger partial charge in [-0.2, -0.15) is 5.10 Å². The van der Waals surface area contributed by atoms with Crippen LogP contribution in [0.1, 0.15) is 5.56 Å². The van der Waals surface area contributed by atoms with Crippen LogP contribution in [0, 0.1) is 5.82 Å². The van der Waals surface area contributed by atoms with E-state index < -0.39 is 0 Å². The molecule has 0 amide bonds. The van der Waals surface area contributed by atoms with Crippen LogP contribution in [-0.2, 0) is 6.54 Å². The van der Waals surface area contributed by atoms with Gasteiger partial charge in [-0.1, -0.05) is 12.1 Å². The second kappa shape index (κ2) is 6.10. The first-order valence-corrected chi connectivity index (χ1v) is 5.94. The summed E-state index contributed by atoms with van der Waals surface area (Å²) >= 11 is 0. The molecule has 0 aliphatic carbocycles. The Kier molecular flexibility index (Phi) is 4.25. The second-order valence-corrected chi connectivity index (χ2v) is 4.08. The van der Waals surface area contributed by atoms with Gasteiger partial charge in [-0.05, 0) is 17.7 Å². The van der Waals surface area contributed by atoms with Gasteiger partial charge in [0.25, 0.3) is 5.56 Å². The van der Waals surface area contributed by atoms with Crippen molar-refractivity contribution in [1.29, 1.82) is 0 Å². The summed E-state index contributed by atoms with van der Waals surface area (Å²) in [5.41, 5.74) is 6.61. The maximum absolute atomic E-state index is 12.8. The number of rotatable bonds is 5. The predicted octanol–water partition coefficient (Wildman–Crippen LogP) is 0.801. The molecular formula is C13H15FN4O. The number of hydrogen-bond acceptors (Lipinski definition) is 4. The fourth-order valence-corrected chi connectivity index (χ4v) is 1.63. The van der Waals surface area contributed by atoms with Crippen LogP contribution in [0.15, 0.2) is 41.3 Å². The monoisotopic (exact) mass is 262 g/mol. The Hall–Kier alpha value is -2.21. The molecule has 0 aliphatic heterocycles. The highest BCUT2D eigenvalue weighted by atomic mass is 19.1. The molecule has 0 spiro atoms. The molecule has 5 nitrogen and oxygen atoms in total. The van der Waals surface area contributed by atoms with Crippen molar-refractivity contribution in [3.63, 3.8) is 0 Å². The van der Waals surface area contributed by atoms with Gasteiger partial charge >= 0.3 is 0 Å². The van der Waals surface area contributed by atoms with Gasteiger partial charge < -0.3 is 11.1 Å². The number of nitrogens with zero attached hydrogens (tertiary/aromatic N) is 2. The zero-order valence-electron chi connectivity index (χ0n) is 10.3. The van der Waals surface area contributed by atoms with E-state index in [2.05, 4.69) is 10.4 Å². The third kappa shape index (κ3) is 3.62. The first-order chi connectivity index (χ1) is 9.19. The number of aromatic nitrogens is 2. The summed E-state index contributed by atoms with van der Waals surface area (Å²) in [4.78, 5) is 11.8. The van der Waals surface area contributed by atoms with Crippen LogP contribution in [0.25, 0.3) is 0 Å². The maximum atomic E-state index is 12.8. The van der Waals surface area contributed by atoms with Crippen LogP contribution in [0.2, 0.25) is 0 Å². The first-order valence-electron chi connectivity index (χ1n) is 5.94. The van der Waals surface area contributed by atoms with E-state index in [1.165, 1.54) is 22.9 Å². The van der Waals surface area contributed by atoms with E-state index in [0.29, 0.717) is 25.3 Å². The largest absolute Gasteiger partial charge is 0.382 e. The lowest BCUT2D eigenvalue weighted by Crippen LogP contribution is -2.24. The average Bonchev–Trinajstić information content (AvgIpc) is 2.41. The Morgan fingerprint density at radius 1 is 1.32 bits per heavy atom. The third-order valence-corrected chi connectivity index (χ3v) is 2.59. The van der Waals surface area contributed by atoms with Crippen molar-refractivity contribution in [2.24, 2.45) is 5.73 Å². The molecule has 3 N–H and O–H groups in total. The molecule has 0 radical (unpaired) electrons. The Morgan fingerprint density at radius 3 is 2.68 bits per heavy atom. The lowest BCUT2D eigenvalue weighted by molar-refractivity contribution is 0.619. The van der Waals surface area contributed by atoms with Gasteiger partial charge in [0.15, 0.2) is 0 Å². The van der Waals surface area contributed by atoms with Crippen molar-refractivity contribution >= 4 is 5.69 Å². The fraction of sp³-hybridized carbons (Fsp3) is 0.231. The Labute approximate surface area is 109 Å². The number of hydrogen-bond donors (Lipinski definition) is 2. The van der Waals surface area contributed by atoms with Crippen LogP contribution in [0.4, 0.5) is 10.1 Å². The Balaban J connectivity index is 2.13. The van der Waals surface area contributed by atoms with E-state index in [-0.39, 0.29) is 11.4 Å². The summed E-state index contributed by atoms with van der Waals surface area (Å²) in [6.07, 6.45) is 1.57. The molecule has 1 heterocycles. The molecule has 6 heteroatoms. The molecule has 0 bridgehead atoms. The van der Waals surface area contributed by atoms with Gasteiger partial charge in [0.1, 0.15) is 5.82 Å². The van der Waals surface area contributed by atoms with Gasteiger partial charge in [-0.25, -0.2) is 9.07 Å². The van der Waals surface area contributed by atoms with Crippen LogP contribution in [-0.4, -0.2) is 22.9 Å². The number of anilines is 1. The van der Waals surface area contributed by atoms with Crippen molar-refractivity contribution in [3.8, 4) is 0 Å². The van der Waals surface area contributed by atoms with Crippen LogP contribution in [0.5, 0.6) is 0 Å². The molecule has 100 valence electrons. The molecular weight excluding hydrogens is 247 g/mol. The Bertz CT molecular complexity index is 594. The van der Waals surface area contributed by atoms with E-state index in [9.17, 15) is 9.18 Å². The summed E-state index contributed by atoms with van der Waals surface area (Å²) < 4.78 is 14.1. The minimum atomic E-state index is -0.301. The lowest BCUT2D eigenvalue weighted by atomic mass is 10.2. The molecule has 2 rings (SSSR count). The highest BCUT2D eigenvalue weighted by Gasteiger charge is 2.01. The van der Waals surface area contributed by atoms with E-state index >= 15 is 0 Å². The van der Waals surface area contributed by atoms with E-state index in [4.69, 9.17) is 5.73 Å². The quantitative estimate of drug-likeness (QED) is 0.836. The van der Waals surface area contributed by atoms with Crippen molar-refractivity contribution in [2.75, 3.05) is 18.4 Å². The van der Waals surface area contributed by atoms with E-state index in [1.807, 2.05) is 0 Å². The van der Waals surface area contributed by atoms with Crippen molar-refractivity contribution in [2.45, 2.75) is 6.54 Å². The van der Waals surface area contributed by atoms with Gasteiger partial charge in [0, 0.05) is 19.2 Å². The van der Waals surface area contributed by atoms with Gasteiger partial charge in [0.2, 0.25) is 0 Å². The molecule has 0 saturated heterocycles. The molecule has 1 aromatic carbocycles. The van der Waals surface area contributed by atoms with Gasteiger partial charge in [-0.15, -0.1) is 0 Å². The topological polar surface area (TPSA) is 72.9 Å². The zero-order chi connectivity index (χ0) is 13.7. The minimum Gasteiger partial charge on any atom is -0.382 e. The van der Waals surface area contributed by atoms with Crippen LogP contribution < -0.4 is 16.6 Å². The smallest absolute Gasteiger partial charge is 0.269 e. The standard InChI is InChI=1S/C13H15FN4O/c14-11-3-1-10(2-4-11)9-18-13(19)7-12(8-17-18)16-6-5-15/h1-4,7-8,16H,5-6,9,15H2. The van der Waals surface area contributed by atoms with E-state index in [1.54, 1.807) is 18.3 Å². The zero-order valence-corrected chi connectivity index (χ0v) is 10.3. The predicted molar refractivity (Wildman–Crippen MR) is 71.5 cm³/mol. The molecule has 1 aromatic heterocycles. The average molecular weight is 262 g/mol. The van der Waals surface area contributed by atoms with Gasteiger partial charge in [0.05, 0.1) is 18.4 Å². The summed E-state index contributed by atoms with van der Waals surface area (Å²) in [6, 6.07) is 7.44. The first kappa shape index (κ1) is 13.2. The summed E-state index contributed by atoms with van der Waals surface area (Å²) in [6.45, 7) is 1.39. The van der Waals surface area contributed by atoms with Crippen LogP contribution in [0.3, 0.4) is 0 Å². The highest BCUT2D eigenvalue weighted by Crippen LogP contribution is 2.04. The summed E-state index contributed by atoms with van der Waals surface area (Å²) in [7, 11) is 0. The Morgan fingerprint density at radius 2 is 2.05 bits per heavy atom. The normalized spacial score (nSPS) is 10.4. The van der Waals surface area contributed by atoms with Crippen molar-refractivity contribution in [3.05, 3.63) is 58.3 Å². The minimum absolute atomic E-state index is 0.216. The van der Waals surface area contributed by atoms with Gasteiger partial charge in [-0.3, -0.25) is 4.79 Å². The van der Waals surface area contributed by atoms with Crippen molar-refractivity contribution < 1.29 is 4.39 Å². The number of nitrogens with one attached hydrogen (secondary N) is 1. The molecule has 0 aliphatic rings. The van der Waals surface area contributed by atoms with E-state index in [0.717, 1.165) is 5.56 Å². The molecule has 0 fully saturated rings. The third-order valence-electron chi connectivity index (χ3n) is 2.59. The molecule has 19 heavy (non-hydrogen) atoms. The molecule has 0 saturated carbocycles. The maximum Gasteiger partial charge on any atom is 0.269 e. The number of halogens is 1. The number of nitrogens with two attached hydrogens (primary N) is 1. The lowest BCUT2D eigenvalue weighted by Gasteiger charge is -2.07. The highest BCUT2D eigenvalue weighted by molar-refractivity contribution is 5.38. The molecule has 0 unspecified atom stereocenters. The molecule has 2 aromatic rings. The summed E-state index contributed by atoms with van der Waals surface area (Å²) in [5.74, 6) is -0.301. The van der Waals surface area contributed by atoms with Crippen molar-refractivity contribution in [1.82, 2.24) is 9.78 Å². The molecule has 0 atom stereocenters. The SMILES string of the molecule is NCCNc1cnn(Cc2ccc(F)cc2)c(=O)c1. The number of benzene rings is 1.